The molecule has 0 bridgehead atoms. The van der Waals surface area contributed by atoms with E-state index in [9.17, 15) is 24.6 Å². The molecule has 0 heterocycles. The van der Waals surface area contributed by atoms with E-state index in [2.05, 4.69) is 10.6 Å². The van der Waals surface area contributed by atoms with Crippen molar-refractivity contribution in [3.63, 3.8) is 0 Å². The molecule has 0 unspecified atom stereocenters. The molecule has 5 N–H and O–H groups in total. The predicted octanol–water partition coefficient (Wildman–Crippen LogP) is 3.36. The number of aliphatic hydroxyl groups excluding tert-OH is 1. The van der Waals surface area contributed by atoms with Crippen molar-refractivity contribution in [1.82, 2.24) is 10.6 Å². The fourth-order valence-corrected chi connectivity index (χ4v) is 3.99. The van der Waals surface area contributed by atoms with Crippen LogP contribution in [0.2, 0.25) is 5.02 Å². The highest BCUT2D eigenvalue weighted by Crippen LogP contribution is 2.25. The van der Waals surface area contributed by atoms with Crippen LogP contribution in [0.15, 0.2) is 72.8 Å². The molecule has 3 aromatic carbocycles. The van der Waals surface area contributed by atoms with E-state index >= 15 is 0 Å². The Morgan fingerprint density at radius 3 is 2.11 bits per heavy atom. The minimum Gasteiger partial charge on any atom is -0.480 e. The number of halogens is 1. The molecule has 0 fully saturated rings. The number of benzene rings is 3. The largest absolute Gasteiger partial charge is 0.480 e. The molecule has 0 aliphatic carbocycles. The van der Waals surface area contributed by atoms with Gasteiger partial charge in [-0.3, -0.25) is 9.59 Å². The van der Waals surface area contributed by atoms with E-state index in [0.29, 0.717) is 6.54 Å². The molecule has 1 amide bonds. The minimum atomic E-state index is -1.16. The average Bonchev–Trinajstić information content (AvgIpc) is 2.86. The SMILES string of the molecule is O=C(N[C@@H](Cc1ccc(-c2ccccc2CN[C@H](CCO)C(=O)O)cc1)C(=O)O)c1ccccc1Cl. The molecular formula is C27H27ClN2O6. The highest BCUT2D eigenvalue weighted by Gasteiger charge is 2.22. The fraction of sp³-hybridized carbons (Fsp3) is 0.222. The first-order valence-electron chi connectivity index (χ1n) is 11.3. The van der Waals surface area contributed by atoms with Crippen molar-refractivity contribution < 1.29 is 29.7 Å². The van der Waals surface area contributed by atoms with Gasteiger partial charge in [-0.25, -0.2) is 4.79 Å². The molecule has 3 rings (SSSR count). The number of carboxylic acid groups (broad SMARTS) is 2. The number of hydrogen-bond donors (Lipinski definition) is 5. The van der Waals surface area contributed by atoms with Gasteiger partial charge in [0.2, 0.25) is 0 Å². The number of rotatable bonds is 12. The van der Waals surface area contributed by atoms with Gasteiger partial charge in [-0.15, -0.1) is 0 Å². The van der Waals surface area contributed by atoms with E-state index in [-0.39, 0.29) is 30.0 Å². The van der Waals surface area contributed by atoms with Crippen LogP contribution in [0.25, 0.3) is 11.1 Å². The third kappa shape index (κ3) is 7.14. The van der Waals surface area contributed by atoms with E-state index in [1.54, 1.807) is 30.3 Å². The predicted molar refractivity (Wildman–Crippen MR) is 136 cm³/mol. The van der Waals surface area contributed by atoms with Crippen LogP contribution in [0.3, 0.4) is 0 Å². The Morgan fingerprint density at radius 1 is 0.833 bits per heavy atom. The summed E-state index contributed by atoms with van der Waals surface area (Å²) in [6.45, 7) is 0.0628. The van der Waals surface area contributed by atoms with Gasteiger partial charge >= 0.3 is 11.9 Å². The second-order valence-corrected chi connectivity index (χ2v) is 8.59. The number of hydrogen-bond acceptors (Lipinski definition) is 5. The summed E-state index contributed by atoms with van der Waals surface area (Å²) in [4.78, 5) is 35.7. The number of nitrogens with one attached hydrogen (secondary N) is 2. The van der Waals surface area contributed by atoms with E-state index in [0.717, 1.165) is 22.3 Å². The lowest BCUT2D eigenvalue weighted by Crippen LogP contribution is -2.42. The monoisotopic (exact) mass is 510 g/mol. The average molecular weight is 511 g/mol. The topological polar surface area (TPSA) is 136 Å². The molecule has 0 spiro atoms. The van der Waals surface area contributed by atoms with Gasteiger partial charge in [0.15, 0.2) is 0 Å². The van der Waals surface area contributed by atoms with Crippen LogP contribution in [-0.4, -0.2) is 51.9 Å². The molecule has 2 atom stereocenters. The van der Waals surface area contributed by atoms with Gasteiger partial charge in [0, 0.05) is 19.6 Å². The summed E-state index contributed by atoms with van der Waals surface area (Å²) in [5.41, 5.74) is 3.57. The summed E-state index contributed by atoms with van der Waals surface area (Å²) in [7, 11) is 0. The Labute approximate surface area is 213 Å². The van der Waals surface area contributed by atoms with Crippen molar-refractivity contribution >= 4 is 29.4 Å². The maximum atomic E-state index is 12.5. The first-order chi connectivity index (χ1) is 17.3. The lowest BCUT2D eigenvalue weighted by atomic mass is 9.97. The summed E-state index contributed by atoms with van der Waals surface area (Å²) in [6, 6.07) is 19.2. The van der Waals surface area contributed by atoms with Gasteiger partial charge in [0.1, 0.15) is 12.1 Å². The molecule has 0 aromatic heterocycles. The lowest BCUT2D eigenvalue weighted by molar-refractivity contribution is -0.140. The van der Waals surface area contributed by atoms with Gasteiger partial charge in [0.05, 0.1) is 10.6 Å². The molecule has 9 heteroatoms. The van der Waals surface area contributed by atoms with Gasteiger partial charge in [-0.05, 0) is 40.8 Å². The maximum Gasteiger partial charge on any atom is 0.326 e. The van der Waals surface area contributed by atoms with Crippen molar-refractivity contribution in [2.45, 2.75) is 31.5 Å². The first-order valence-corrected chi connectivity index (χ1v) is 11.7. The van der Waals surface area contributed by atoms with Crippen molar-refractivity contribution in [2.75, 3.05) is 6.61 Å². The molecule has 8 nitrogen and oxygen atoms in total. The summed E-state index contributed by atoms with van der Waals surface area (Å²) in [6.07, 6.45) is 0.181. The van der Waals surface area contributed by atoms with Crippen molar-refractivity contribution in [2.24, 2.45) is 0 Å². The lowest BCUT2D eigenvalue weighted by Gasteiger charge is -2.17. The molecule has 3 aromatic rings. The van der Waals surface area contributed by atoms with Crippen LogP contribution in [0.5, 0.6) is 0 Å². The summed E-state index contributed by atoms with van der Waals surface area (Å²) in [5, 5.41) is 33.7. The Kier molecular flexibility index (Phi) is 9.58. The zero-order valence-corrected chi connectivity index (χ0v) is 20.1. The molecule has 0 saturated heterocycles. The number of carboxylic acids is 2. The molecule has 36 heavy (non-hydrogen) atoms. The van der Waals surface area contributed by atoms with Crippen LogP contribution in [-0.2, 0) is 22.6 Å². The number of carbonyl (C=O) groups is 3. The zero-order chi connectivity index (χ0) is 26.1. The van der Waals surface area contributed by atoms with Crippen LogP contribution in [0.4, 0.5) is 0 Å². The molecule has 0 aliphatic rings. The van der Waals surface area contributed by atoms with Crippen molar-refractivity contribution in [3.05, 3.63) is 94.5 Å². The quantitative estimate of drug-likeness (QED) is 0.252. The number of amides is 1. The zero-order valence-electron chi connectivity index (χ0n) is 19.4. The Hall–Kier alpha value is -3.72. The molecule has 0 saturated carbocycles. The molecule has 0 radical (unpaired) electrons. The highest BCUT2D eigenvalue weighted by molar-refractivity contribution is 6.33. The molecule has 0 aliphatic heterocycles. The number of aliphatic hydroxyl groups is 1. The van der Waals surface area contributed by atoms with Crippen LogP contribution < -0.4 is 10.6 Å². The van der Waals surface area contributed by atoms with Gasteiger partial charge in [-0.2, -0.15) is 0 Å². The van der Waals surface area contributed by atoms with Gasteiger partial charge in [-0.1, -0.05) is 72.3 Å². The third-order valence-corrected chi connectivity index (χ3v) is 6.03. The smallest absolute Gasteiger partial charge is 0.326 e. The normalized spacial score (nSPS) is 12.5. The van der Waals surface area contributed by atoms with Crippen molar-refractivity contribution in [1.29, 1.82) is 0 Å². The van der Waals surface area contributed by atoms with Crippen LogP contribution in [0.1, 0.15) is 27.9 Å². The number of aliphatic carboxylic acids is 2. The van der Waals surface area contributed by atoms with Crippen molar-refractivity contribution in [3.8, 4) is 11.1 Å². The minimum absolute atomic E-state index is 0.0798. The summed E-state index contributed by atoms with van der Waals surface area (Å²) >= 11 is 6.05. The van der Waals surface area contributed by atoms with E-state index < -0.39 is 29.9 Å². The maximum absolute atomic E-state index is 12.5. The Balaban J connectivity index is 1.72. The van der Waals surface area contributed by atoms with Crippen LogP contribution in [0, 0.1) is 0 Å². The first kappa shape index (κ1) is 26.9. The standard InChI is InChI=1S/C27H27ClN2O6/c28-22-8-4-3-7-21(22)25(32)30-24(27(35)36)15-17-9-11-18(12-10-17)20-6-2-1-5-19(20)16-29-23(13-14-31)26(33)34/h1-12,23-24,29,31H,13-16H2,(H,30,32)(H,33,34)(H,35,36)/t23-,24+/m1/s1. The number of carbonyl (C=O) groups excluding carboxylic acids is 1. The van der Waals surface area contributed by atoms with Crippen LogP contribution >= 0.6 is 11.6 Å². The van der Waals surface area contributed by atoms with E-state index in [4.69, 9.17) is 16.7 Å². The Morgan fingerprint density at radius 2 is 1.47 bits per heavy atom. The third-order valence-electron chi connectivity index (χ3n) is 5.70. The second kappa shape index (κ2) is 12.8. The van der Waals surface area contributed by atoms with E-state index in [1.165, 1.54) is 6.07 Å². The van der Waals surface area contributed by atoms with Gasteiger partial charge < -0.3 is 26.0 Å². The van der Waals surface area contributed by atoms with Gasteiger partial charge in [0.25, 0.3) is 5.91 Å². The Bertz CT molecular complexity index is 1210. The molecular weight excluding hydrogens is 484 g/mol. The highest BCUT2D eigenvalue weighted by atomic mass is 35.5. The summed E-state index contributed by atoms with van der Waals surface area (Å²) in [5.74, 6) is -2.75. The fourth-order valence-electron chi connectivity index (χ4n) is 3.77. The van der Waals surface area contributed by atoms with E-state index in [1.807, 2.05) is 36.4 Å². The second-order valence-electron chi connectivity index (χ2n) is 8.19. The molecule has 188 valence electrons. The summed E-state index contributed by atoms with van der Waals surface area (Å²) < 4.78 is 0.